The number of likely N-dealkylation sites (N-methyl/N-ethyl adjacent to an activating group) is 1. The van der Waals surface area contributed by atoms with Crippen LogP contribution < -0.4 is 5.32 Å². The molecule has 4 heteroatoms. The van der Waals surface area contributed by atoms with Gasteiger partial charge < -0.3 is 15.3 Å². The molecule has 0 aromatic rings. The van der Waals surface area contributed by atoms with Crippen molar-refractivity contribution in [3.05, 3.63) is 0 Å². The molecular formula is C15H28N2O2. The zero-order chi connectivity index (χ0) is 13.9. The Morgan fingerprint density at radius 2 is 2.11 bits per heavy atom. The Balaban J connectivity index is 1.89. The Labute approximate surface area is 116 Å². The van der Waals surface area contributed by atoms with Crippen LogP contribution in [0.3, 0.4) is 0 Å². The lowest BCUT2D eigenvalue weighted by Crippen LogP contribution is -2.51. The van der Waals surface area contributed by atoms with Gasteiger partial charge in [0.2, 0.25) is 0 Å². The summed E-state index contributed by atoms with van der Waals surface area (Å²) in [5, 5.41) is 12.5. The van der Waals surface area contributed by atoms with Crippen molar-refractivity contribution >= 4 is 5.97 Å². The van der Waals surface area contributed by atoms with E-state index in [1.54, 1.807) is 0 Å². The Morgan fingerprint density at radius 1 is 1.37 bits per heavy atom. The number of hydrogen-bond acceptors (Lipinski definition) is 3. The molecule has 0 radical (unpaired) electrons. The maximum absolute atomic E-state index is 11.4. The van der Waals surface area contributed by atoms with E-state index in [-0.39, 0.29) is 0 Å². The normalized spacial score (nSPS) is 30.8. The highest BCUT2D eigenvalue weighted by Gasteiger charge is 2.38. The highest BCUT2D eigenvalue weighted by atomic mass is 16.4. The number of hydrogen-bond donors (Lipinski definition) is 2. The zero-order valence-electron chi connectivity index (χ0n) is 12.3. The monoisotopic (exact) mass is 268 g/mol. The lowest BCUT2D eigenvalue weighted by Gasteiger charge is -2.34. The lowest BCUT2D eigenvalue weighted by atomic mass is 9.85. The second-order valence-corrected chi connectivity index (χ2v) is 6.35. The van der Waals surface area contributed by atoms with E-state index < -0.39 is 11.5 Å². The van der Waals surface area contributed by atoms with Crippen LogP contribution in [0.1, 0.15) is 52.4 Å². The molecule has 2 fully saturated rings. The molecule has 4 nitrogen and oxygen atoms in total. The van der Waals surface area contributed by atoms with Crippen LogP contribution in [-0.2, 0) is 4.79 Å². The van der Waals surface area contributed by atoms with Crippen molar-refractivity contribution in [1.29, 1.82) is 0 Å². The molecule has 1 saturated carbocycles. The standard InChI is InChI=1S/C15H28N2O2/c1-3-16-15(2,14(18)19)9-11-17-10-8-12-6-4-5-7-13(12)17/h12-13,16H,3-11H2,1-2H3,(H,18,19). The van der Waals surface area contributed by atoms with E-state index in [4.69, 9.17) is 0 Å². The molecular weight excluding hydrogens is 240 g/mol. The van der Waals surface area contributed by atoms with E-state index >= 15 is 0 Å². The number of likely N-dealkylation sites (tertiary alicyclic amines) is 1. The van der Waals surface area contributed by atoms with Crippen LogP contribution in [0.2, 0.25) is 0 Å². The number of carboxylic acids is 1. The average Bonchev–Trinajstić information content (AvgIpc) is 2.80. The largest absolute Gasteiger partial charge is 0.480 e. The summed E-state index contributed by atoms with van der Waals surface area (Å²) in [5.41, 5.74) is -0.776. The number of fused-ring (bicyclic) bond motifs is 1. The maximum atomic E-state index is 11.4. The molecule has 2 N–H and O–H groups in total. The first kappa shape index (κ1) is 14.8. The molecule has 3 atom stereocenters. The summed E-state index contributed by atoms with van der Waals surface area (Å²) in [4.78, 5) is 14.0. The molecule has 1 aliphatic carbocycles. The predicted molar refractivity (Wildman–Crippen MR) is 76.3 cm³/mol. The fraction of sp³-hybridized carbons (Fsp3) is 0.933. The summed E-state index contributed by atoms with van der Waals surface area (Å²) in [6, 6.07) is 0.730. The van der Waals surface area contributed by atoms with Gasteiger partial charge in [-0.2, -0.15) is 0 Å². The van der Waals surface area contributed by atoms with Crippen LogP contribution in [0.4, 0.5) is 0 Å². The number of nitrogens with zero attached hydrogens (tertiary/aromatic N) is 1. The number of rotatable bonds is 6. The fourth-order valence-corrected chi connectivity index (χ4v) is 3.81. The molecule has 19 heavy (non-hydrogen) atoms. The second-order valence-electron chi connectivity index (χ2n) is 6.35. The van der Waals surface area contributed by atoms with Gasteiger partial charge in [-0.15, -0.1) is 0 Å². The van der Waals surface area contributed by atoms with Crippen LogP contribution in [-0.4, -0.2) is 47.2 Å². The number of carboxylic acid groups (broad SMARTS) is 1. The zero-order valence-corrected chi connectivity index (χ0v) is 12.3. The van der Waals surface area contributed by atoms with E-state index in [1.807, 2.05) is 13.8 Å². The summed E-state index contributed by atoms with van der Waals surface area (Å²) in [6.45, 7) is 6.56. The van der Waals surface area contributed by atoms with Crippen molar-refractivity contribution in [2.75, 3.05) is 19.6 Å². The van der Waals surface area contributed by atoms with Gasteiger partial charge in [-0.25, -0.2) is 0 Å². The number of carbonyl (C=O) groups is 1. The van der Waals surface area contributed by atoms with Crippen molar-refractivity contribution in [2.45, 2.75) is 64.0 Å². The topological polar surface area (TPSA) is 52.6 Å². The second kappa shape index (κ2) is 6.23. The molecule has 0 bridgehead atoms. The van der Waals surface area contributed by atoms with Crippen molar-refractivity contribution < 1.29 is 9.90 Å². The molecule has 0 spiro atoms. The Kier molecular flexibility index (Phi) is 4.85. The minimum Gasteiger partial charge on any atom is -0.480 e. The van der Waals surface area contributed by atoms with Crippen LogP contribution in [0, 0.1) is 5.92 Å². The van der Waals surface area contributed by atoms with Crippen molar-refractivity contribution in [2.24, 2.45) is 5.92 Å². The summed E-state index contributed by atoms with van der Waals surface area (Å²) in [5.74, 6) is 0.151. The molecule has 2 aliphatic rings. The van der Waals surface area contributed by atoms with Crippen LogP contribution in [0.5, 0.6) is 0 Å². The Bertz CT molecular complexity index is 321. The minimum absolute atomic E-state index is 0.694. The van der Waals surface area contributed by atoms with Crippen molar-refractivity contribution in [3.8, 4) is 0 Å². The van der Waals surface area contributed by atoms with Crippen LogP contribution in [0.25, 0.3) is 0 Å². The van der Waals surface area contributed by atoms with E-state index in [0.29, 0.717) is 13.0 Å². The molecule has 3 unspecified atom stereocenters. The summed E-state index contributed by atoms with van der Waals surface area (Å²) < 4.78 is 0. The summed E-state index contributed by atoms with van der Waals surface area (Å²) in [7, 11) is 0. The van der Waals surface area contributed by atoms with Gasteiger partial charge in [0.05, 0.1) is 0 Å². The van der Waals surface area contributed by atoms with Gasteiger partial charge in [0.1, 0.15) is 5.54 Å². The van der Waals surface area contributed by atoms with Gasteiger partial charge in [0.15, 0.2) is 0 Å². The Morgan fingerprint density at radius 3 is 2.79 bits per heavy atom. The van der Waals surface area contributed by atoms with Gasteiger partial charge in [-0.3, -0.25) is 4.79 Å². The van der Waals surface area contributed by atoms with Gasteiger partial charge >= 0.3 is 5.97 Å². The highest BCUT2D eigenvalue weighted by molar-refractivity contribution is 5.78. The van der Waals surface area contributed by atoms with Gasteiger partial charge in [0, 0.05) is 12.6 Å². The number of nitrogens with one attached hydrogen (secondary N) is 1. The van der Waals surface area contributed by atoms with Crippen LogP contribution >= 0.6 is 0 Å². The maximum Gasteiger partial charge on any atom is 0.323 e. The molecule has 1 aliphatic heterocycles. The quantitative estimate of drug-likeness (QED) is 0.774. The third-order valence-corrected chi connectivity index (χ3v) is 5.06. The Hall–Kier alpha value is -0.610. The SMILES string of the molecule is CCNC(C)(CCN1CCC2CCCCC21)C(=O)O. The molecule has 110 valence electrons. The fourth-order valence-electron chi connectivity index (χ4n) is 3.81. The molecule has 0 amide bonds. The first-order chi connectivity index (χ1) is 9.07. The van der Waals surface area contributed by atoms with E-state index in [9.17, 15) is 9.90 Å². The first-order valence-electron chi connectivity index (χ1n) is 7.79. The van der Waals surface area contributed by atoms with E-state index in [2.05, 4.69) is 10.2 Å². The predicted octanol–water partition coefficient (Wildman–Crippen LogP) is 2.09. The van der Waals surface area contributed by atoms with Crippen molar-refractivity contribution in [1.82, 2.24) is 10.2 Å². The molecule has 2 rings (SSSR count). The molecule has 0 aromatic heterocycles. The molecule has 1 heterocycles. The van der Waals surface area contributed by atoms with E-state index in [1.165, 1.54) is 32.1 Å². The van der Waals surface area contributed by atoms with E-state index in [0.717, 1.165) is 25.0 Å². The summed E-state index contributed by atoms with van der Waals surface area (Å²) in [6.07, 6.45) is 7.44. The summed E-state index contributed by atoms with van der Waals surface area (Å²) >= 11 is 0. The van der Waals surface area contributed by atoms with Gasteiger partial charge in [-0.1, -0.05) is 19.8 Å². The van der Waals surface area contributed by atoms with Crippen LogP contribution in [0.15, 0.2) is 0 Å². The van der Waals surface area contributed by atoms with Gasteiger partial charge in [0.25, 0.3) is 0 Å². The third kappa shape index (κ3) is 3.29. The highest BCUT2D eigenvalue weighted by Crippen LogP contribution is 2.36. The average molecular weight is 268 g/mol. The number of aliphatic carboxylic acids is 1. The van der Waals surface area contributed by atoms with Gasteiger partial charge in [-0.05, 0) is 51.6 Å². The molecule has 1 saturated heterocycles. The third-order valence-electron chi connectivity index (χ3n) is 5.06. The minimum atomic E-state index is -0.776. The first-order valence-corrected chi connectivity index (χ1v) is 7.79. The lowest BCUT2D eigenvalue weighted by molar-refractivity contribution is -0.144. The smallest absolute Gasteiger partial charge is 0.323 e. The van der Waals surface area contributed by atoms with Crippen molar-refractivity contribution in [3.63, 3.8) is 0 Å². The molecule has 0 aromatic carbocycles.